The number of anilines is 1. The maximum Gasteiger partial charge on any atom is 0.257 e. The molecule has 0 bridgehead atoms. The van der Waals surface area contributed by atoms with Crippen LogP contribution in [0.15, 0.2) is 46.8 Å². The molecule has 1 saturated heterocycles. The third kappa shape index (κ3) is 5.31. The summed E-state index contributed by atoms with van der Waals surface area (Å²) in [7, 11) is 0. The predicted octanol–water partition coefficient (Wildman–Crippen LogP) is 3.33. The van der Waals surface area contributed by atoms with Crippen LogP contribution in [-0.2, 0) is 9.53 Å². The van der Waals surface area contributed by atoms with Gasteiger partial charge in [0.15, 0.2) is 4.34 Å². The molecule has 0 spiro atoms. The number of nitrogens with zero attached hydrogens (tertiary/aromatic N) is 2. The molecule has 0 radical (unpaired) electrons. The number of hydrogen-bond acceptors (Lipinski definition) is 7. The molecular formula is C20H20N4O3S2. The molecular weight excluding hydrogens is 408 g/mol. The van der Waals surface area contributed by atoms with Gasteiger partial charge in [0.05, 0.1) is 11.9 Å². The molecule has 1 atom stereocenters. The van der Waals surface area contributed by atoms with E-state index in [9.17, 15) is 9.59 Å². The van der Waals surface area contributed by atoms with Gasteiger partial charge in [-0.2, -0.15) is 0 Å². The van der Waals surface area contributed by atoms with Gasteiger partial charge in [0.1, 0.15) is 0 Å². The first-order valence-electron chi connectivity index (χ1n) is 9.32. The molecule has 1 aliphatic heterocycles. The van der Waals surface area contributed by atoms with Gasteiger partial charge in [0, 0.05) is 18.7 Å². The topological polar surface area (TPSA) is 93.2 Å². The third-order valence-corrected chi connectivity index (χ3v) is 6.49. The van der Waals surface area contributed by atoms with Crippen molar-refractivity contribution in [3.63, 3.8) is 0 Å². The zero-order valence-electron chi connectivity index (χ0n) is 15.6. The first-order chi connectivity index (χ1) is 14.2. The van der Waals surface area contributed by atoms with Gasteiger partial charge in [-0.25, -0.2) is 0 Å². The number of rotatable bonds is 7. The van der Waals surface area contributed by atoms with Crippen molar-refractivity contribution in [1.82, 2.24) is 15.5 Å². The van der Waals surface area contributed by atoms with E-state index >= 15 is 0 Å². The summed E-state index contributed by atoms with van der Waals surface area (Å²) in [5.74, 6) is -0.0554. The fourth-order valence-electron chi connectivity index (χ4n) is 3.03. The molecule has 0 aliphatic carbocycles. The van der Waals surface area contributed by atoms with E-state index < -0.39 is 0 Å². The van der Waals surface area contributed by atoms with Crippen molar-refractivity contribution in [2.24, 2.45) is 0 Å². The molecule has 3 aromatic rings. The second kappa shape index (κ2) is 9.34. The molecule has 4 rings (SSSR count). The zero-order valence-corrected chi connectivity index (χ0v) is 17.2. The van der Waals surface area contributed by atoms with Crippen molar-refractivity contribution in [3.05, 3.63) is 48.0 Å². The molecule has 150 valence electrons. The molecule has 7 nitrogen and oxygen atoms in total. The van der Waals surface area contributed by atoms with Crippen LogP contribution in [0.4, 0.5) is 5.13 Å². The number of carbonyl (C=O) groups excluding carboxylic acids is 2. The van der Waals surface area contributed by atoms with Crippen LogP contribution in [0.1, 0.15) is 23.2 Å². The van der Waals surface area contributed by atoms with E-state index in [0.717, 1.165) is 30.2 Å². The predicted molar refractivity (Wildman–Crippen MR) is 115 cm³/mol. The summed E-state index contributed by atoms with van der Waals surface area (Å²) in [6.45, 7) is 1.32. The quantitative estimate of drug-likeness (QED) is 0.443. The van der Waals surface area contributed by atoms with Gasteiger partial charge in [-0.3, -0.25) is 14.9 Å². The number of nitrogens with one attached hydrogen (secondary N) is 2. The highest BCUT2D eigenvalue weighted by atomic mass is 32.2. The van der Waals surface area contributed by atoms with Crippen molar-refractivity contribution >= 4 is 50.8 Å². The van der Waals surface area contributed by atoms with Crippen molar-refractivity contribution in [1.29, 1.82) is 0 Å². The zero-order chi connectivity index (χ0) is 20.1. The highest BCUT2D eigenvalue weighted by Gasteiger charge is 2.17. The maximum atomic E-state index is 12.5. The molecule has 0 unspecified atom stereocenters. The monoisotopic (exact) mass is 428 g/mol. The van der Waals surface area contributed by atoms with Crippen LogP contribution < -0.4 is 10.6 Å². The van der Waals surface area contributed by atoms with Gasteiger partial charge in [0.25, 0.3) is 5.91 Å². The molecule has 2 aromatic carbocycles. The van der Waals surface area contributed by atoms with Crippen LogP contribution >= 0.6 is 23.1 Å². The van der Waals surface area contributed by atoms with Crippen LogP contribution in [0.25, 0.3) is 10.8 Å². The molecule has 0 saturated carbocycles. The second-order valence-corrected chi connectivity index (χ2v) is 8.82. The molecule has 2 amide bonds. The summed E-state index contributed by atoms with van der Waals surface area (Å²) >= 11 is 2.55. The molecule has 1 fully saturated rings. The minimum atomic E-state index is -0.238. The molecule has 1 aliphatic rings. The summed E-state index contributed by atoms with van der Waals surface area (Å²) in [6.07, 6.45) is 2.17. The van der Waals surface area contributed by atoms with Crippen molar-refractivity contribution < 1.29 is 14.3 Å². The van der Waals surface area contributed by atoms with E-state index in [0.29, 0.717) is 21.6 Å². The lowest BCUT2D eigenvalue weighted by Gasteiger charge is -2.09. The normalized spacial score (nSPS) is 16.1. The largest absolute Gasteiger partial charge is 0.376 e. The summed E-state index contributed by atoms with van der Waals surface area (Å²) in [6, 6.07) is 13.4. The first kappa shape index (κ1) is 19.8. The Kier molecular flexibility index (Phi) is 6.38. The number of hydrogen-bond donors (Lipinski definition) is 2. The molecule has 29 heavy (non-hydrogen) atoms. The van der Waals surface area contributed by atoms with Crippen LogP contribution in [0.2, 0.25) is 0 Å². The Morgan fingerprint density at radius 3 is 2.86 bits per heavy atom. The average molecular weight is 429 g/mol. The highest BCUT2D eigenvalue weighted by molar-refractivity contribution is 8.01. The summed E-state index contributed by atoms with van der Waals surface area (Å²) in [5, 5.41) is 16.2. The van der Waals surface area contributed by atoms with Gasteiger partial charge in [-0.05, 0) is 35.7 Å². The van der Waals surface area contributed by atoms with E-state index in [1.54, 1.807) is 6.07 Å². The second-order valence-electron chi connectivity index (χ2n) is 6.62. The van der Waals surface area contributed by atoms with E-state index in [-0.39, 0.29) is 23.7 Å². The third-order valence-electron chi connectivity index (χ3n) is 4.52. The number of ether oxygens (including phenoxy) is 1. The standard InChI is InChI=1S/C20H20N4O3S2/c25-17(21-11-16-6-3-9-27-16)12-28-20-24-23-19(29-20)22-18(26)15-8-7-13-4-1-2-5-14(13)10-15/h1-2,4-5,7-8,10,16H,3,6,9,11-12H2,(H,21,25)(H,22,23,26)/t16-/m0/s1. The molecule has 2 heterocycles. The number of fused-ring (bicyclic) bond motifs is 1. The van der Waals surface area contributed by atoms with E-state index in [4.69, 9.17) is 4.74 Å². The molecule has 1 aromatic heterocycles. The summed E-state index contributed by atoms with van der Waals surface area (Å²) in [5.41, 5.74) is 0.557. The Balaban J connectivity index is 1.27. The van der Waals surface area contributed by atoms with Gasteiger partial charge in [0.2, 0.25) is 11.0 Å². The number of carbonyl (C=O) groups is 2. The number of thioether (sulfide) groups is 1. The van der Waals surface area contributed by atoms with Crippen molar-refractivity contribution in [2.75, 3.05) is 24.2 Å². The number of benzene rings is 2. The first-order valence-corrected chi connectivity index (χ1v) is 11.1. The van der Waals surface area contributed by atoms with Gasteiger partial charge in [-0.1, -0.05) is 53.4 Å². The lowest BCUT2D eigenvalue weighted by atomic mass is 10.1. The fraction of sp³-hybridized carbons (Fsp3) is 0.300. The van der Waals surface area contributed by atoms with Gasteiger partial charge >= 0.3 is 0 Å². The van der Waals surface area contributed by atoms with Crippen LogP contribution in [0, 0.1) is 0 Å². The SMILES string of the molecule is O=C(CSc1nnc(NC(=O)c2ccc3ccccc3c2)s1)NC[C@@H]1CCCO1. The van der Waals surface area contributed by atoms with Gasteiger partial charge < -0.3 is 10.1 Å². The minimum Gasteiger partial charge on any atom is -0.376 e. The van der Waals surface area contributed by atoms with E-state index in [1.807, 2.05) is 36.4 Å². The Labute approximate surface area is 176 Å². The highest BCUT2D eigenvalue weighted by Crippen LogP contribution is 2.26. The lowest BCUT2D eigenvalue weighted by Crippen LogP contribution is -2.32. The van der Waals surface area contributed by atoms with Crippen molar-refractivity contribution in [3.8, 4) is 0 Å². The van der Waals surface area contributed by atoms with Crippen LogP contribution in [0.5, 0.6) is 0 Å². The fourth-order valence-corrected chi connectivity index (χ4v) is 4.61. The smallest absolute Gasteiger partial charge is 0.257 e. The van der Waals surface area contributed by atoms with Crippen LogP contribution in [-0.4, -0.2) is 47.0 Å². The van der Waals surface area contributed by atoms with Gasteiger partial charge in [-0.15, -0.1) is 10.2 Å². The number of aromatic nitrogens is 2. The summed E-state index contributed by atoms with van der Waals surface area (Å²) < 4.78 is 6.12. The molecule has 2 N–H and O–H groups in total. The Bertz CT molecular complexity index is 1020. The van der Waals surface area contributed by atoms with E-state index in [2.05, 4.69) is 20.8 Å². The lowest BCUT2D eigenvalue weighted by molar-refractivity contribution is -0.119. The summed E-state index contributed by atoms with van der Waals surface area (Å²) in [4.78, 5) is 24.4. The average Bonchev–Trinajstić information content (AvgIpc) is 3.42. The Morgan fingerprint density at radius 1 is 1.17 bits per heavy atom. The number of amides is 2. The van der Waals surface area contributed by atoms with Crippen molar-refractivity contribution in [2.45, 2.75) is 23.3 Å². The molecule has 9 heteroatoms. The minimum absolute atomic E-state index is 0.0672. The Morgan fingerprint density at radius 2 is 2.03 bits per heavy atom. The Hall–Kier alpha value is -2.49. The maximum absolute atomic E-state index is 12.5. The van der Waals surface area contributed by atoms with E-state index in [1.165, 1.54) is 23.1 Å². The van der Waals surface area contributed by atoms with Crippen LogP contribution in [0.3, 0.4) is 0 Å².